The van der Waals surface area contributed by atoms with Gasteiger partial charge in [0.2, 0.25) is 0 Å². The topological polar surface area (TPSA) is 61.8 Å². The van der Waals surface area contributed by atoms with Gasteiger partial charge in [-0.05, 0) is 83.5 Å². The fourth-order valence-electron chi connectivity index (χ4n) is 8.81. The summed E-state index contributed by atoms with van der Waals surface area (Å²) in [6.45, 7) is 7.82. The third-order valence-corrected chi connectivity index (χ3v) is 13.3. The van der Waals surface area contributed by atoms with Crippen molar-refractivity contribution >= 4 is 11.9 Å². The van der Waals surface area contributed by atoms with Gasteiger partial charge in [-0.15, -0.1) is 0 Å². The molecule has 0 aliphatic rings. The van der Waals surface area contributed by atoms with Gasteiger partial charge in [0.1, 0.15) is 6.61 Å². The molecule has 0 fully saturated rings. The quantitative estimate of drug-likeness (QED) is 0.0345. The molecule has 5 nitrogen and oxygen atoms in total. The Bertz CT molecular complexity index is 1120. The van der Waals surface area contributed by atoms with E-state index in [1.165, 1.54) is 218 Å². The van der Waals surface area contributed by atoms with Gasteiger partial charge in [0.15, 0.2) is 6.10 Å². The molecular weight excluding hydrogens is 837 g/mol. The van der Waals surface area contributed by atoms with E-state index in [0.717, 1.165) is 64.2 Å². The summed E-state index contributed by atoms with van der Waals surface area (Å²) in [5.74, 6) is -0.397. The first-order valence-electron chi connectivity index (χ1n) is 30.2. The second-order valence-electron chi connectivity index (χ2n) is 20.3. The van der Waals surface area contributed by atoms with Crippen molar-refractivity contribution in [3.8, 4) is 0 Å². The highest BCUT2D eigenvalue weighted by Crippen LogP contribution is 2.16. The van der Waals surface area contributed by atoms with Crippen LogP contribution in [0, 0.1) is 0 Å². The Morgan fingerprint density at radius 2 is 0.618 bits per heavy atom. The summed E-state index contributed by atoms with van der Waals surface area (Å²) in [5, 5.41) is 0. The van der Waals surface area contributed by atoms with Gasteiger partial charge in [-0.1, -0.05) is 268 Å². The number of esters is 2. The molecule has 0 aromatic rings. The molecule has 0 spiro atoms. The average molecular weight is 954 g/mol. The van der Waals surface area contributed by atoms with Crippen LogP contribution < -0.4 is 0 Å². The summed E-state index contributed by atoms with van der Waals surface area (Å²) < 4.78 is 17.5. The number of carbonyl (C=O) groups excluding carboxylic acids is 2. The Morgan fingerprint density at radius 3 is 1.04 bits per heavy atom. The van der Waals surface area contributed by atoms with Crippen molar-refractivity contribution in [3.05, 3.63) is 48.6 Å². The lowest BCUT2D eigenvalue weighted by molar-refractivity contribution is -0.163. The maximum absolute atomic E-state index is 12.9. The van der Waals surface area contributed by atoms with E-state index >= 15 is 0 Å². The zero-order valence-corrected chi connectivity index (χ0v) is 45.9. The smallest absolute Gasteiger partial charge is 0.306 e. The first-order valence-corrected chi connectivity index (χ1v) is 30.2. The molecule has 1 atom stereocenters. The van der Waals surface area contributed by atoms with Crippen LogP contribution in [0.4, 0.5) is 0 Å². The van der Waals surface area contributed by atoms with E-state index in [1.54, 1.807) is 0 Å². The maximum Gasteiger partial charge on any atom is 0.306 e. The summed E-state index contributed by atoms with van der Waals surface area (Å²) in [6, 6.07) is 0. The molecule has 0 aromatic heterocycles. The summed E-state index contributed by atoms with van der Waals surface area (Å²) in [5.41, 5.74) is 0. The minimum absolute atomic E-state index is 0.0798. The van der Waals surface area contributed by atoms with Gasteiger partial charge in [0, 0.05) is 19.4 Å². The van der Waals surface area contributed by atoms with Crippen LogP contribution in [0.25, 0.3) is 0 Å². The predicted molar refractivity (Wildman–Crippen MR) is 298 cm³/mol. The second kappa shape index (κ2) is 59.2. The SMILES string of the molecule is CCCCC/C=C\C/C=C\C/C=C\CCCCCCCCC(=O)OCC(COCCCCCCCC/C=C\CCCCCC)OC(=O)CCCCCCCCCCCCCCCCCCCCC. The number of rotatable bonds is 56. The molecule has 5 heteroatoms. The van der Waals surface area contributed by atoms with Gasteiger partial charge in [0.25, 0.3) is 0 Å². The first-order chi connectivity index (χ1) is 33.6. The van der Waals surface area contributed by atoms with Crippen molar-refractivity contribution < 1.29 is 23.8 Å². The van der Waals surface area contributed by atoms with Crippen LogP contribution in [-0.4, -0.2) is 37.9 Å². The maximum atomic E-state index is 12.9. The second-order valence-corrected chi connectivity index (χ2v) is 20.3. The molecule has 0 saturated heterocycles. The van der Waals surface area contributed by atoms with E-state index < -0.39 is 6.10 Å². The van der Waals surface area contributed by atoms with Gasteiger partial charge in [-0.2, -0.15) is 0 Å². The van der Waals surface area contributed by atoms with E-state index in [1.807, 2.05) is 0 Å². The van der Waals surface area contributed by atoms with E-state index in [0.29, 0.717) is 19.4 Å². The number of unbranched alkanes of at least 4 members (excludes halogenated alkanes) is 37. The summed E-state index contributed by atoms with van der Waals surface area (Å²) in [6.07, 6.45) is 74.2. The number of allylic oxidation sites excluding steroid dienone is 8. The van der Waals surface area contributed by atoms with Crippen LogP contribution >= 0.6 is 0 Å². The lowest BCUT2D eigenvalue weighted by atomic mass is 10.0. The molecule has 398 valence electrons. The van der Waals surface area contributed by atoms with Crippen molar-refractivity contribution in [3.63, 3.8) is 0 Å². The normalized spacial score (nSPS) is 12.5. The summed E-state index contributed by atoms with van der Waals surface area (Å²) in [4.78, 5) is 25.6. The highest BCUT2D eigenvalue weighted by Gasteiger charge is 2.17. The Kier molecular flexibility index (Phi) is 57.3. The molecule has 1 unspecified atom stereocenters. The van der Waals surface area contributed by atoms with Crippen molar-refractivity contribution in [1.29, 1.82) is 0 Å². The van der Waals surface area contributed by atoms with Crippen LogP contribution in [0.15, 0.2) is 48.6 Å². The molecule has 0 amide bonds. The van der Waals surface area contributed by atoms with Crippen LogP contribution in [-0.2, 0) is 23.8 Å². The van der Waals surface area contributed by atoms with Gasteiger partial charge >= 0.3 is 11.9 Å². The molecule has 0 bridgehead atoms. The molecule has 0 N–H and O–H groups in total. The Balaban J connectivity index is 4.25. The Labute approximate surface area is 424 Å². The highest BCUT2D eigenvalue weighted by molar-refractivity contribution is 5.70. The van der Waals surface area contributed by atoms with Crippen LogP contribution in [0.5, 0.6) is 0 Å². The zero-order chi connectivity index (χ0) is 49.2. The standard InChI is InChI=1S/C63H116O5/c1-4-7-10-13-16-19-22-25-28-30-32-34-36-38-41-44-47-50-53-56-62(64)67-60-61(59-66-58-55-52-49-46-43-40-27-24-21-18-15-12-9-6-3)68-63(65)57-54-51-48-45-42-39-37-35-33-31-29-26-23-20-17-14-11-8-5-2/h16,19,21,24-25,28,32,34,61H,4-15,17-18,20,22-23,26-27,29-31,33,35-60H2,1-3H3/b19-16-,24-21-,28-25-,34-32-. The third kappa shape index (κ3) is 56.4. The highest BCUT2D eigenvalue weighted by atomic mass is 16.6. The summed E-state index contributed by atoms with van der Waals surface area (Å²) >= 11 is 0. The van der Waals surface area contributed by atoms with Crippen molar-refractivity contribution in [2.75, 3.05) is 19.8 Å². The van der Waals surface area contributed by atoms with Crippen LogP contribution in [0.2, 0.25) is 0 Å². The van der Waals surface area contributed by atoms with Crippen LogP contribution in [0.3, 0.4) is 0 Å². The minimum Gasteiger partial charge on any atom is -0.462 e. The number of ether oxygens (including phenoxy) is 3. The molecule has 0 aromatic carbocycles. The van der Waals surface area contributed by atoms with E-state index in [-0.39, 0.29) is 25.2 Å². The molecule has 0 aliphatic carbocycles. The molecule has 0 saturated carbocycles. The minimum atomic E-state index is -0.543. The van der Waals surface area contributed by atoms with Crippen molar-refractivity contribution in [2.45, 2.75) is 322 Å². The number of carbonyl (C=O) groups is 2. The van der Waals surface area contributed by atoms with Crippen molar-refractivity contribution in [1.82, 2.24) is 0 Å². The van der Waals surface area contributed by atoms with Gasteiger partial charge in [0.05, 0.1) is 6.61 Å². The Hall–Kier alpha value is -2.14. The lowest BCUT2D eigenvalue weighted by Gasteiger charge is -2.18. The van der Waals surface area contributed by atoms with Crippen molar-refractivity contribution in [2.24, 2.45) is 0 Å². The fraction of sp³-hybridized carbons (Fsp3) is 0.841. The third-order valence-electron chi connectivity index (χ3n) is 13.3. The number of hydrogen-bond acceptors (Lipinski definition) is 5. The zero-order valence-electron chi connectivity index (χ0n) is 45.9. The Morgan fingerprint density at radius 1 is 0.324 bits per heavy atom. The van der Waals surface area contributed by atoms with E-state index in [9.17, 15) is 9.59 Å². The van der Waals surface area contributed by atoms with Gasteiger partial charge in [-0.3, -0.25) is 9.59 Å². The first kappa shape index (κ1) is 65.9. The predicted octanol–water partition coefficient (Wildman–Crippen LogP) is 20.7. The molecule has 0 rings (SSSR count). The average Bonchev–Trinajstić information content (AvgIpc) is 3.34. The van der Waals surface area contributed by atoms with Gasteiger partial charge < -0.3 is 14.2 Å². The number of hydrogen-bond donors (Lipinski definition) is 0. The molecular formula is C63H116O5. The van der Waals surface area contributed by atoms with Crippen LogP contribution in [0.1, 0.15) is 316 Å². The summed E-state index contributed by atoms with van der Waals surface area (Å²) in [7, 11) is 0. The molecule has 68 heavy (non-hydrogen) atoms. The molecule has 0 aliphatic heterocycles. The fourth-order valence-corrected chi connectivity index (χ4v) is 8.81. The van der Waals surface area contributed by atoms with E-state index in [2.05, 4.69) is 69.4 Å². The monoisotopic (exact) mass is 953 g/mol. The molecule has 0 heterocycles. The van der Waals surface area contributed by atoms with Gasteiger partial charge in [-0.25, -0.2) is 0 Å². The van der Waals surface area contributed by atoms with E-state index in [4.69, 9.17) is 14.2 Å². The molecule has 0 radical (unpaired) electrons. The largest absolute Gasteiger partial charge is 0.462 e. The lowest BCUT2D eigenvalue weighted by Crippen LogP contribution is -2.30.